The summed E-state index contributed by atoms with van der Waals surface area (Å²) in [5, 5.41) is 2.94. The van der Waals surface area contributed by atoms with Crippen molar-refractivity contribution in [2.75, 3.05) is 12.8 Å². The molecule has 0 fully saturated rings. The molecule has 124 valence electrons. The first kappa shape index (κ1) is 16.2. The van der Waals surface area contributed by atoms with Crippen molar-refractivity contribution in [1.82, 2.24) is 9.62 Å². The third-order valence-corrected chi connectivity index (χ3v) is 5.82. The van der Waals surface area contributed by atoms with E-state index in [0.717, 1.165) is 24.7 Å². The van der Waals surface area contributed by atoms with Gasteiger partial charge in [-0.1, -0.05) is 30.4 Å². The van der Waals surface area contributed by atoms with Crippen LogP contribution >= 0.6 is 0 Å². The number of nitrogens with zero attached hydrogens (tertiary/aromatic N) is 1. The lowest BCUT2D eigenvalue weighted by Gasteiger charge is -2.23. The van der Waals surface area contributed by atoms with Crippen LogP contribution in [0, 0.1) is 0 Å². The van der Waals surface area contributed by atoms with E-state index in [1.807, 2.05) is 13.0 Å². The second-order valence-corrected chi connectivity index (χ2v) is 8.25. The highest BCUT2D eigenvalue weighted by Gasteiger charge is 2.33. The van der Waals surface area contributed by atoms with Gasteiger partial charge in [0, 0.05) is 6.54 Å². The number of benzene rings is 1. The molecule has 0 radical (unpaired) electrons. The Labute approximate surface area is 137 Å². The predicted molar refractivity (Wildman–Crippen MR) is 89.5 cm³/mol. The van der Waals surface area contributed by atoms with Gasteiger partial charge in [-0.3, -0.25) is 4.79 Å². The standard InChI is InChI=1S/C17H22N2O3S/c1-12(14-9-8-13-5-3-6-15(13)11-14)18-17(20)16-7-4-10-19(16)23(2,21)22/h4,7-9,11-12,16H,3,5-6,10H2,1-2H3,(H,18,20)/t12-,16+/m0/s1. The monoisotopic (exact) mass is 334 g/mol. The molecule has 6 heteroatoms. The molecule has 0 bridgehead atoms. The van der Waals surface area contributed by atoms with Gasteiger partial charge in [-0.25, -0.2) is 8.42 Å². The van der Waals surface area contributed by atoms with Crippen LogP contribution in [0.1, 0.15) is 36.1 Å². The van der Waals surface area contributed by atoms with Gasteiger partial charge >= 0.3 is 0 Å². The fraction of sp³-hybridized carbons (Fsp3) is 0.471. The Hall–Kier alpha value is -1.66. The van der Waals surface area contributed by atoms with Crippen LogP contribution in [-0.2, 0) is 27.7 Å². The summed E-state index contributed by atoms with van der Waals surface area (Å²) in [6.45, 7) is 2.18. The first-order chi connectivity index (χ1) is 10.9. The predicted octanol–water partition coefficient (Wildman–Crippen LogP) is 1.55. The van der Waals surface area contributed by atoms with Crippen molar-refractivity contribution in [3.63, 3.8) is 0 Å². The van der Waals surface area contributed by atoms with E-state index in [4.69, 9.17) is 0 Å². The van der Waals surface area contributed by atoms with Crippen molar-refractivity contribution in [3.05, 3.63) is 47.0 Å². The van der Waals surface area contributed by atoms with Crippen LogP contribution in [0.5, 0.6) is 0 Å². The number of aryl methyl sites for hydroxylation is 2. The lowest BCUT2D eigenvalue weighted by molar-refractivity contribution is -0.123. The third-order valence-electron chi connectivity index (χ3n) is 4.59. The molecule has 2 atom stereocenters. The van der Waals surface area contributed by atoms with Crippen molar-refractivity contribution in [2.45, 2.75) is 38.3 Å². The molecule has 1 N–H and O–H groups in total. The normalized spacial score (nSPS) is 22.1. The molecule has 1 amide bonds. The summed E-state index contributed by atoms with van der Waals surface area (Å²) < 4.78 is 24.7. The summed E-state index contributed by atoms with van der Waals surface area (Å²) in [7, 11) is -3.40. The van der Waals surface area contributed by atoms with Crippen LogP contribution in [0.15, 0.2) is 30.4 Å². The molecule has 1 aliphatic heterocycles. The molecule has 3 rings (SSSR count). The smallest absolute Gasteiger partial charge is 0.242 e. The Morgan fingerprint density at radius 1 is 1.30 bits per heavy atom. The fourth-order valence-corrected chi connectivity index (χ4v) is 4.24. The van der Waals surface area contributed by atoms with Crippen LogP contribution in [-0.4, -0.2) is 37.5 Å². The van der Waals surface area contributed by atoms with Crippen LogP contribution in [0.3, 0.4) is 0 Å². The lowest BCUT2D eigenvalue weighted by atomic mass is 10.0. The van der Waals surface area contributed by atoms with E-state index in [2.05, 4.69) is 17.4 Å². The van der Waals surface area contributed by atoms with E-state index in [-0.39, 0.29) is 18.5 Å². The van der Waals surface area contributed by atoms with E-state index in [9.17, 15) is 13.2 Å². The lowest BCUT2D eigenvalue weighted by Crippen LogP contribution is -2.46. The largest absolute Gasteiger partial charge is 0.348 e. The van der Waals surface area contributed by atoms with Crippen molar-refractivity contribution < 1.29 is 13.2 Å². The summed E-state index contributed by atoms with van der Waals surface area (Å²) >= 11 is 0. The van der Waals surface area contributed by atoms with E-state index in [0.29, 0.717) is 0 Å². The number of nitrogens with one attached hydrogen (secondary N) is 1. The van der Waals surface area contributed by atoms with E-state index < -0.39 is 16.1 Å². The zero-order valence-electron chi connectivity index (χ0n) is 13.5. The molecule has 2 aliphatic rings. The SMILES string of the molecule is C[C@H](NC(=O)[C@H]1C=CCN1S(C)(=O)=O)c1ccc2c(c1)CCC2. The number of amides is 1. The number of sulfonamides is 1. The fourth-order valence-electron chi connectivity index (χ4n) is 3.31. The summed E-state index contributed by atoms with van der Waals surface area (Å²) in [6.07, 6.45) is 7.90. The van der Waals surface area contributed by atoms with Crippen LogP contribution < -0.4 is 5.32 Å². The van der Waals surface area contributed by atoms with Gasteiger partial charge in [0.05, 0.1) is 12.3 Å². The number of carbonyl (C=O) groups excluding carboxylic acids is 1. The minimum atomic E-state index is -3.40. The maximum absolute atomic E-state index is 12.5. The van der Waals surface area contributed by atoms with Gasteiger partial charge in [-0.15, -0.1) is 0 Å². The Morgan fingerprint density at radius 2 is 2.04 bits per heavy atom. The Bertz CT molecular complexity index is 755. The molecule has 0 saturated carbocycles. The maximum Gasteiger partial charge on any atom is 0.242 e. The van der Waals surface area contributed by atoms with Crippen molar-refractivity contribution >= 4 is 15.9 Å². The van der Waals surface area contributed by atoms with Gasteiger partial charge in [0.15, 0.2) is 0 Å². The molecule has 0 saturated heterocycles. The third kappa shape index (κ3) is 3.33. The molecule has 1 aromatic rings. The molecule has 1 heterocycles. The molecule has 0 unspecified atom stereocenters. The molecular weight excluding hydrogens is 312 g/mol. The number of carbonyl (C=O) groups is 1. The van der Waals surface area contributed by atoms with Gasteiger partial charge in [0.1, 0.15) is 6.04 Å². The molecule has 0 spiro atoms. The Morgan fingerprint density at radius 3 is 2.78 bits per heavy atom. The average molecular weight is 334 g/mol. The molecule has 5 nitrogen and oxygen atoms in total. The number of rotatable bonds is 4. The second-order valence-electron chi connectivity index (χ2n) is 6.32. The molecular formula is C17H22N2O3S. The minimum absolute atomic E-state index is 0.149. The molecule has 1 aromatic carbocycles. The molecule has 23 heavy (non-hydrogen) atoms. The highest BCUT2D eigenvalue weighted by atomic mass is 32.2. The van der Waals surface area contributed by atoms with Gasteiger partial charge in [0.25, 0.3) is 0 Å². The number of fused-ring (bicyclic) bond motifs is 1. The van der Waals surface area contributed by atoms with E-state index in [1.165, 1.54) is 21.9 Å². The van der Waals surface area contributed by atoms with Gasteiger partial charge in [-0.05, 0) is 42.9 Å². The minimum Gasteiger partial charge on any atom is -0.348 e. The number of hydrogen-bond donors (Lipinski definition) is 1. The van der Waals surface area contributed by atoms with Crippen LogP contribution in [0.4, 0.5) is 0 Å². The first-order valence-corrected chi connectivity index (χ1v) is 9.76. The number of hydrogen-bond acceptors (Lipinski definition) is 3. The zero-order valence-corrected chi connectivity index (χ0v) is 14.3. The molecule has 1 aliphatic carbocycles. The van der Waals surface area contributed by atoms with Gasteiger partial charge in [0.2, 0.25) is 15.9 Å². The topological polar surface area (TPSA) is 66.5 Å². The van der Waals surface area contributed by atoms with Gasteiger partial charge in [-0.2, -0.15) is 4.31 Å². The Kier molecular flexibility index (Phi) is 4.29. The highest BCUT2D eigenvalue weighted by Crippen LogP contribution is 2.25. The summed E-state index contributed by atoms with van der Waals surface area (Å²) in [5.41, 5.74) is 3.82. The molecule has 0 aromatic heterocycles. The second kappa shape index (κ2) is 6.09. The average Bonchev–Trinajstić information content (AvgIpc) is 3.14. The Balaban J connectivity index is 1.71. The van der Waals surface area contributed by atoms with E-state index >= 15 is 0 Å². The summed E-state index contributed by atoms with van der Waals surface area (Å²) in [6, 6.07) is 5.45. The highest BCUT2D eigenvalue weighted by molar-refractivity contribution is 7.88. The van der Waals surface area contributed by atoms with Crippen molar-refractivity contribution in [3.8, 4) is 0 Å². The van der Waals surface area contributed by atoms with Crippen LogP contribution in [0.25, 0.3) is 0 Å². The van der Waals surface area contributed by atoms with Gasteiger partial charge < -0.3 is 5.32 Å². The summed E-state index contributed by atoms with van der Waals surface area (Å²) in [5.74, 6) is -0.280. The maximum atomic E-state index is 12.5. The quantitative estimate of drug-likeness (QED) is 0.850. The summed E-state index contributed by atoms with van der Waals surface area (Å²) in [4.78, 5) is 12.5. The van der Waals surface area contributed by atoms with Crippen molar-refractivity contribution in [1.29, 1.82) is 0 Å². The van der Waals surface area contributed by atoms with E-state index in [1.54, 1.807) is 12.2 Å². The first-order valence-electron chi connectivity index (χ1n) is 7.92. The van der Waals surface area contributed by atoms with Crippen molar-refractivity contribution in [2.24, 2.45) is 0 Å². The zero-order chi connectivity index (χ0) is 16.6. The van der Waals surface area contributed by atoms with Crippen LogP contribution in [0.2, 0.25) is 0 Å².